The number of rotatable bonds is 12. The van der Waals surface area contributed by atoms with Gasteiger partial charge in [0, 0.05) is 25.2 Å². The van der Waals surface area contributed by atoms with Crippen LogP contribution in [0.5, 0.6) is 5.75 Å². The van der Waals surface area contributed by atoms with E-state index in [0.717, 1.165) is 35.3 Å². The van der Waals surface area contributed by atoms with Gasteiger partial charge in [-0.05, 0) is 72.9 Å². The number of carbonyl (C=O) groups is 4. The number of esters is 1. The van der Waals surface area contributed by atoms with Crippen molar-refractivity contribution in [1.29, 1.82) is 0 Å². The Morgan fingerprint density at radius 2 is 1.70 bits per heavy atom. The van der Waals surface area contributed by atoms with Crippen LogP contribution in [0.3, 0.4) is 0 Å². The lowest BCUT2D eigenvalue weighted by Gasteiger charge is -2.17. The SMILES string of the molecule is CCN(CC)CCOC(=O)c1ccc(NC(=O)CCN2C(=O)S/C(=C/c3ccc(OC)cc3)C2=O)cc1. The maximum absolute atomic E-state index is 12.7. The van der Waals surface area contributed by atoms with Gasteiger partial charge in [-0.2, -0.15) is 0 Å². The molecular weight excluding hydrogens is 494 g/mol. The Morgan fingerprint density at radius 1 is 1.03 bits per heavy atom. The molecule has 0 aliphatic carbocycles. The lowest BCUT2D eigenvalue weighted by atomic mass is 10.2. The number of thioether (sulfide) groups is 1. The van der Waals surface area contributed by atoms with E-state index in [9.17, 15) is 19.2 Å². The summed E-state index contributed by atoms with van der Waals surface area (Å²) in [7, 11) is 1.57. The number of benzene rings is 2. The van der Waals surface area contributed by atoms with E-state index in [2.05, 4.69) is 24.1 Å². The highest BCUT2D eigenvalue weighted by atomic mass is 32.2. The fourth-order valence-corrected chi connectivity index (χ4v) is 4.43. The van der Waals surface area contributed by atoms with Crippen molar-refractivity contribution in [1.82, 2.24) is 9.80 Å². The summed E-state index contributed by atoms with van der Waals surface area (Å²) in [6.07, 6.45) is 1.59. The zero-order chi connectivity index (χ0) is 26.8. The summed E-state index contributed by atoms with van der Waals surface area (Å²) in [6.45, 7) is 6.83. The maximum atomic E-state index is 12.7. The highest BCUT2D eigenvalue weighted by molar-refractivity contribution is 8.18. The standard InChI is InChI=1S/C27H31N3O6S/c1-4-29(5-2)16-17-36-26(33)20-8-10-21(11-9-20)28-24(31)14-15-30-25(32)23(37-27(30)34)18-19-6-12-22(35-3)13-7-19/h6-13,18H,4-5,14-17H2,1-3H3,(H,28,31)/b23-18+. The average Bonchev–Trinajstić information content (AvgIpc) is 3.17. The Morgan fingerprint density at radius 3 is 2.32 bits per heavy atom. The molecule has 3 rings (SSSR count). The molecule has 3 amide bonds. The Balaban J connectivity index is 1.47. The molecule has 2 aromatic rings. The summed E-state index contributed by atoms with van der Waals surface area (Å²) < 4.78 is 10.4. The first kappa shape index (κ1) is 27.9. The van der Waals surface area contributed by atoms with Crippen molar-refractivity contribution in [3.8, 4) is 5.75 Å². The van der Waals surface area contributed by atoms with Crippen LogP contribution in [-0.4, -0.2) is 72.7 Å². The van der Waals surface area contributed by atoms with Gasteiger partial charge in [-0.15, -0.1) is 0 Å². The molecule has 1 aliphatic rings. The molecule has 1 fully saturated rings. The van der Waals surface area contributed by atoms with Gasteiger partial charge in [-0.3, -0.25) is 19.3 Å². The molecular formula is C27H31N3O6S. The maximum Gasteiger partial charge on any atom is 0.338 e. The zero-order valence-corrected chi connectivity index (χ0v) is 22.0. The van der Waals surface area contributed by atoms with Gasteiger partial charge in [0.2, 0.25) is 5.91 Å². The molecule has 1 N–H and O–H groups in total. The van der Waals surface area contributed by atoms with Crippen LogP contribution in [0, 0.1) is 0 Å². The number of nitrogens with zero attached hydrogens (tertiary/aromatic N) is 2. The van der Waals surface area contributed by atoms with Gasteiger partial charge in [0.1, 0.15) is 12.4 Å². The van der Waals surface area contributed by atoms with E-state index in [4.69, 9.17) is 9.47 Å². The minimum Gasteiger partial charge on any atom is -0.497 e. The van der Waals surface area contributed by atoms with E-state index in [1.54, 1.807) is 61.7 Å². The van der Waals surface area contributed by atoms with Gasteiger partial charge in [-0.1, -0.05) is 26.0 Å². The number of carbonyl (C=O) groups excluding carboxylic acids is 4. The van der Waals surface area contributed by atoms with Gasteiger partial charge < -0.3 is 19.7 Å². The summed E-state index contributed by atoms with van der Waals surface area (Å²) in [5.74, 6) is -0.515. The highest BCUT2D eigenvalue weighted by Gasteiger charge is 2.35. The number of anilines is 1. The fraction of sp³-hybridized carbons (Fsp3) is 0.333. The zero-order valence-electron chi connectivity index (χ0n) is 21.2. The van der Waals surface area contributed by atoms with E-state index < -0.39 is 17.1 Å². The first-order valence-corrected chi connectivity index (χ1v) is 12.8. The molecule has 0 radical (unpaired) electrons. The summed E-state index contributed by atoms with van der Waals surface area (Å²) in [5, 5.41) is 2.30. The topological polar surface area (TPSA) is 105 Å². The first-order valence-electron chi connectivity index (χ1n) is 12.0. The van der Waals surface area contributed by atoms with Crippen molar-refractivity contribution in [3.63, 3.8) is 0 Å². The summed E-state index contributed by atoms with van der Waals surface area (Å²) >= 11 is 0.845. The number of ether oxygens (including phenoxy) is 2. The summed E-state index contributed by atoms with van der Waals surface area (Å²) in [5.41, 5.74) is 1.65. The lowest BCUT2D eigenvalue weighted by Crippen LogP contribution is -2.31. The van der Waals surface area contributed by atoms with Crippen molar-refractivity contribution in [2.75, 3.05) is 45.2 Å². The second-order valence-electron chi connectivity index (χ2n) is 8.14. The molecule has 0 spiro atoms. The van der Waals surface area contributed by atoms with E-state index >= 15 is 0 Å². The lowest BCUT2D eigenvalue weighted by molar-refractivity contribution is -0.123. The number of amides is 3. The molecule has 0 aromatic heterocycles. The van der Waals surface area contributed by atoms with Crippen molar-refractivity contribution in [3.05, 3.63) is 64.6 Å². The molecule has 9 nitrogen and oxygen atoms in total. The van der Waals surface area contributed by atoms with E-state index in [1.807, 2.05) is 0 Å². The molecule has 196 valence electrons. The van der Waals surface area contributed by atoms with Crippen LogP contribution in [0.25, 0.3) is 6.08 Å². The number of imide groups is 1. The number of hydrogen-bond acceptors (Lipinski definition) is 8. The van der Waals surface area contributed by atoms with Gasteiger partial charge in [0.15, 0.2) is 0 Å². The van der Waals surface area contributed by atoms with Gasteiger partial charge in [0.05, 0.1) is 17.6 Å². The average molecular weight is 526 g/mol. The number of hydrogen-bond donors (Lipinski definition) is 1. The molecule has 1 saturated heterocycles. The van der Waals surface area contributed by atoms with E-state index in [0.29, 0.717) is 35.1 Å². The summed E-state index contributed by atoms with van der Waals surface area (Å²) in [4.78, 5) is 53.1. The second-order valence-corrected chi connectivity index (χ2v) is 9.14. The minimum atomic E-state index is -0.428. The third kappa shape index (κ3) is 7.93. The molecule has 10 heteroatoms. The highest BCUT2D eigenvalue weighted by Crippen LogP contribution is 2.32. The van der Waals surface area contributed by atoms with Crippen molar-refractivity contribution in [2.24, 2.45) is 0 Å². The van der Waals surface area contributed by atoms with Crippen LogP contribution in [0.4, 0.5) is 10.5 Å². The number of methoxy groups -OCH3 is 1. The predicted molar refractivity (Wildman–Crippen MR) is 143 cm³/mol. The van der Waals surface area contributed by atoms with Crippen molar-refractivity contribution < 1.29 is 28.7 Å². The Hall–Kier alpha value is -3.63. The molecule has 0 saturated carbocycles. The van der Waals surface area contributed by atoms with E-state index in [1.165, 1.54) is 0 Å². The molecule has 0 unspecified atom stereocenters. The Bertz CT molecular complexity index is 1140. The monoisotopic (exact) mass is 525 g/mol. The van der Waals surface area contributed by atoms with E-state index in [-0.39, 0.29) is 18.9 Å². The molecule has 1 heterocycles. The van der Waals surface area contributed by atoms with Gasteiger partial charge in [-0.25, -0.2) is 4.79 Å². The van der Waals surface area contributed by atoms with Crippen LogP contribution in [0.1, 0.15) is 36.2 Å². The van der Waals surface area contributed by atoms with Crippen LogP contribution in [0.15, 0.2) is 53.4 Å². The number of likely N-dealkylation sites (N-methyl/N-ethyl adjacent to an activating group) is 1. The third-order valence-corrected chi connectivity index (χ3v) is 6.70. The van der Waals surface area contributed by atoms with Crippen molar-refractivity contribution >= 4 is 46.5 Å². The molecule has 0 bridgehead atoms. The number of nitrogens with one attached hydrogen (secondary N) is 1. The minimum absolute atomic E-state index is 0.0343. The van der Waals surface area contributed by atoms with Crippen LogP contribution >= 0.6 is 11.8 Å². The Kier molecular flexibility index (Phi) is 10.3. The third-order valence-electron chi connectivity index (χ3n) is 5.79. The van der Waals surface area contributed by atoms with Crippen LogP contribution < -0.4 is 10.1 Å². The Labute approximate surface area is 220 Å². The van der Waals surface area contributed by atoms with Crippen LogP contribution in [-0.2, 0) is 14.3 Å². The molecule has 2 aromatic carbocycles. The quantitative estimate of drug-likeness (QED) is 0.324. The summed E-state index contributed by atoms with van der Waals surface area (Å²) in [6, 6.07) is 13.5. The fourth-order valence-electron chi connectivity index (χ4n) is 3.56. The first-order chi connectivity index (χ1) is 17.8. The van der Waals surface area contributed by atoms with Gasteiger partial charge in [0.25, 0.3) is 11.1 Å². The molecule has 0 atom stereocenters. The molecule has 1 aliphatic heterocycles. The normalized spacial score (nSPS) is 14.4. The van der Waals surface area contributed by atoms with Gasteiger partial charge >= 0.3 is 5.97 Å². The predicted octanol–water partition coefficient (Wildman–Crippen LogP) is 4.26. The largest absolute Gasteiger partial charge is 0.497 e. The van der Waals surface area contributed by atoms with Crippen molar-refractivity contribution in [2.45, 2.75) is 20.3 Å². The van der Waals surface area contributed by atoms with Crippen LogP contribution in [0.2, 0.25) is 0 Å². The molecule has 37 heavy (non-hydrogen) atoms. The smallest absolute Gasteiger partial charge is 0.338 e. The second kappa shape index (κ2) is 13.6.